The molecular weight excluding hydrogens is 176 g/mol. The highest BCUT2D eigenvalue weighted by Gasteiger charge is 2.25. The highest BCUT2D eigenvalue weighted by Crippen LogP contribution is 2.22. The average Bonchev–Trinajstić information content (AvgIpc) is 2.65. The van der Waals surface area contributed by atoms with Gasteiger partial charge in [0.2, 0.25) is 0 Å². The molecule has 0 spiro atoms. The smallest absolute Gasteiger partial charge is 0.0613 e. The Labute approximate surface area is 87.4 Å². The van der Waals surface area contributed by atoms with E-state index in [2.05, 4.69) is 12.2 Å². The fourth-order valence-corrected chi connectivity index (χ4v) is 2.06. The lowest BCUT2D eigenvalue weighted by molar-refractivity contribution is 0.0873. The molecule has 84 valence electrons. The van der Waals surface area contributed by atoms with Crippen molar-refractivity contribution in [3.05, 3.63) is 0 Å². The second-order valence-corrected chi connectivity index (χ2v) is 4.07. The van der Waals surface area contributed by atoms with Gasteiger partial charge in [-0.1, -0.05) is 6.92 Å². The largest absolute Gasteiger partial charge is 0.378 e. The molecule has 0 radical (unpaired) electrons. The topological polar surface area (TPSA) is 47.3 Å². The van der Waals surface area contributed by atoms with Crippen LogP contribution in [0.5, 0.6) is 0 Å². The van der Waals surface area contributed by atoms with E-state index < -0.39 is 0 Å². The SMILES string of the molecule is CCC1OCCC1CNCCCCN. The average molecular weight is 200 g/mol. The van der Waals surface area contributed by atoms with Crippen molar-refractivity contribution in [1.82, 2.24) is 5.32 Å². The Kier molecular flexibility index (Phi) is 6.15. The van der Waals surface area contributed by atoms with E-state index >= 15 is 0 Å². The van der Waals surface area contributed by atoms with Crippen LogP contribution in [0.3, 0.4) is 0 Å². The third-order valence-electron chi connectivity index (χ3n) is 2.96. The fraction of sp³-hybridized carbons (Fsp3) is 1.00. The Hall–Kier alpha value is -0.120. The van der Waals surface area contributed by atoms with Gasteiger partial charge in [-0.15, -0.1) is 0 Å². The first-order chi connectivity index (χ1) is 6.88. The normalized spacial score (nSPS) is 27.0. The van der Waals surface area contributed by atoms with E-state index in [0.717, 1.165) is 45.0 Å². The maximum absolute atomic E-state index is 5.63. The molecule has 3 N–H and O–H groups in total. The molecule has 1 aliphatic rings. The molecule has 2 unspecified atom stereocenters. The van der Waals surface area contributed by atoms with Crippen LogP contribution in [0.1, 0.15) is 32.6 Å². The van der Waals surface area contributed by atoms with Gasteiger partial charge < -0.3 is 15.8 Å². The molecule has 0 bridgehead atoms. The predicted octanol–water partition coefficient (Wildman–Crippen LogP) is 1.13. The third-order valence-corrected chi connectivity index (χ3v) is 2.96. The van der Waals surface area contributed by atoms with Crippen LogP contribution in [-0.2, 0) is 4.74 Å². The Morgan fingerprint density at radius 1 is 1.43 bits per heavy atom. The van der Waals surface area contributed by atoms with Gasteiger partial charge in [-0.05, 0) is 44.7 Å². The number of hydrogen-bond acceptors (Lipinski definition) is 3. The molecule has 2 atom stereocenters. The summed E-state index contributed by atoms with van der Waals surface area (Å²) in [4.78, 5) is 0. The summed E-state index contributed by atoms with van der Waals surface area (Å²) in [5.41, 5.74) is 5.43. The van der Waals surface area contributed by atoms with Gasteiger partial charge in [0.1, 0.15) is 0 Å². The first kappa shape index (κ1) is 12.0. The van der Waals surface area contributed by atoms with Gasteiger partial charge >= 0.3 is 0 Å². The highest BCUT2D eigenvalue weighted by molar-refractivity contribution is 4.76. The van der Waals surface area contributed by atoms with Crippen LogP contribution in [0.15, 0.2) is 0 Å². The van der Waals surface area contributed by atoms with E-state index in [-0.39, 0.29) is 0 Å². The molecule has 3 nitrogen and oxygen atoms in total. The van der Waals surface area contributed by atoms with Crippen LogP contribution in [0.25, 0.3) is 0 Å². The lowest BCUT2D eigenvalue weighted by atomic mass is 10.00. The van der Waals surface area contributed by atoms with E-state index in [0.29, 0.717) is 6.10 Å². The molecule has 0 aliphatic carbocycles. The molecule has 1 saturated heterocycles. The van der Waals surface area contributed by atoms with E-state index in [4.69, 9.17) is 10.5 Å². The van der Waals surface area contributed by atoms with Crippen molar-refractivity contribution in [1.29, 1.82) is 0 Å². The minimum absolute atomic E-state index is 0.497. The molecule has 1 aliphatic heterocycles. The van der Waals surface area contributed by atoms with Crippen LogP contribution >= 0.6 is 0 Å². The summed E-state index contributed by atoms with van der Waals surface area (Å²) in [7, 11) is 0. The summed E-state index contributed by atoms with van der Waals surface area (Å²) in [6, 6.07) is 0. The van der Waals surface area contributed by atoms with Gasteiger partial charge in [-0.25, -0.2) is 0 Å². The van der Waals surface area contributed by atoms with Crippen molar-refractivity contribution in [2.45, 2.75) is 38.7 Å². The minimum atomic E-state index is 0.497. The maximum atomic E-state index is 5.63. The maximum Gasteiger partial charge on any atom is 0.0613 e. The Bertz CT molecular complexity index is 141. The number of nitrogens with two attached hydrogens (primary N) is 1. The standard InChI is InChI=1S/C11H24N2O/c1-2-11-10(5-8-14-11)9-13-7-4-3-6-12/h10-11,13H,2-9,12H2,1H3. The fourth-order valence-electron chi connectivity index (χ4n) is 2.06. The molecule has 3 heteroatoms. The molecule has 0 amide bonds. The zero-order valence-corrected chi connectivity index (χ0v) is 9.30. The number of unbranched alkanes of at least 4 members (excludes halogenated alkanes) is 1. The van der Waals surface area contributed by atoms with E-state index in [1.807, 2.05) is 0 Å². The van der Waals surface area contributed by atoms with Crippen molar-refractivity contribution in [2.75, 3.05) is 26.2 Å². The van der Waals surface area contributed by atoms with Gasteiger partial charge in [0, 0.05) is 13.2 Å². The summed E-state index contributed by atoms with van der Waals surface area (Å²) < 4.78 is 5.63. The number of rotatable bonds is 7. The Balaban J connectivity index is 2.00. The molecule has 0 saturated carbocycles. The van der Waals surface area contributed by atoms with Crippen molar-refractivity contribution < 1.29 is 4.74 Å². The molecule has 0 aromatic carbocycles. The first-order valence-corrected chi connectivity index (χ1v) is 5.90. The predicted molar refractivity (Wildman–Crippen MR) is 59.3 cm³/mol. The number of hydrogen-bond donors (Lipinski definition) is 2. The second kappa shape index (κ2) is 7.21. The third kappa shape index (κ3) is 3.95. The van der Waals surface area contributed by atoms with Crippen LogP contribution < -0.4 is 11.1 Å². The van der Waals surface area contributed by atoms with Crippen LogP contribution in [0.2, 0.25) is 0 Å². The lowest BCUT2D eigenvalue weighted by Gasteiger charge is -2.17. The minimum Gasteiger partial charge on any atom is -0.378 e. The van der Waals surface area contributed by atoms with Gasteiger partial charge in [0.05, 0.1) is 6.10 Å². The van der Waals surface area contributed by atoms with E-state index in [1.165, 1.54) is 12.8 Å². The summed E-state index contributed by atoms with van der Waals surface area (Å²) >= 11 is 0. The summed E-state index contributed by atoms with van der Waals surface area (Å²) in [5.74, 6) is 0.734. The quantitative estimate of drug-likeness (QED) is 0.606. The zero-order valence-electron chi connectivity index (χ0n) is 9.30. The van der Waals surface area contributed by atoms with E-state index in [9.17, 15) is 0 Å². The van der Waals surface area contributed by atoms with Crippen molar-refractivity contribution in [3.63, 3.8) is 0 Å². The van der Waals surface area contributed by atoms with Crippen LogP contribution in [0, 0.1) is 5.92 Å². The molecule has 0 aromatic heterocycles. The summed E-state index contributed by atoms with van der Waals surface area (Å²) in [5, 5.41) is 3.49. The van der Waals surface area contributed by atoms with Gasteiger partial charge in [0.15, 0.2) is 0 Å². The molecule has 14 heavy (non-hydrogen) atoms. The van der Waals surface area contributed by atoms with Crippen molar-refractivity contribution >= 4 is 0 Å². The Morgan fingerprint density at radius 2 is 2.29 bits per heavy atom. The zero-order chi connectivity index (χ0) is 10.2. The first-order valence-electron chi connectivity index (χ1n) is 5.90. The van der Waals surface area contributed by atoms with Crippen LogP contribution in [-0.4, -0.2) is 32.3 Å². The number of ether oxygens (including phenoxy) is 1. The van der Waals surface area contributed by atoms with Crippen molar-refractivity contribution in [3.8, 4) is 0 Å². The van der Waals surface area contributed by atoms with Crippen molar-refractivity contribution in [2.24, 2.45) is 11.7 Å². The summed E-state index contributed by atoms with van der Waals surface area (Å²) in [6.07, 6.45) is 5.20. The highest BCUT2D eigenvalue weighted by atomic mass is 16.5. The number of nitrogens with one attached hydrogen (secondary N) is 1. The monoisotopic (exact) mass is 200 g/mol. The molecule has 0 aromatic rings. The summed E-state index contributed by atoms with van der Waals surface area (Å²) in [6.45, 7) is 6.18. The molecule has 1 fully saturated rings. The molecule has 1 rings (SSSR count). The van der Waals surface area contributed by atoms with Gasteiger partial charge in [-0.2, -0.15) is 0 Å². The van der Waals surface area contributed by atoms with Gasteiger partial charge in [-0.3, -0.25) is 0 Å². The lowest BCUT2D eigenvalue weighted by Crippen LogP contribution is -2.29. The van der Waals surface area contributed by atoms with Gasteiger partial charge in [0.25, 0.3) is 0 Å². The van der Waals surface area contributed by atoms with Crippen LogP contribution in [0.4, 0.5) is 0 Å². The van der Waals surface area contributed by atoms with E-state index in [1.54, 1.807) is 0 Å². The molecule has 1 heterocycles. The molecular formula is C11H24N2O. The second-order valence-electron chi connectivity index (χ2n) is 4.07. The Morgan fingerprint density at radius 3 is 3.00 bits per heavy atom.